The maximum Gasteiger partial charge on any atom is 0.419 e. The maximum absolute atomic E-state index is 13.0. The van der Waals surface area contributed by atoms with Gasteiger partial charge in [-0.1, -0.05) is 6.07 Å². The zero-order valence-electron chi connectivity index (χ0n) is 7.45. The zero-order chi connectivity index (χ0) is 10.9. The third kappa shape index (κ3) is 2.04. The molecule has 0 aliphatic carbocycles. The highest BCUT2D eigenvalue weighted by molar-refractivity contribution is 5.34. The van der Waals surface area contributed by atoms with Gasteiger partial charge in [0.15, 0.2) is 0 Å². The van der Waals surface area contributed by atoms with Gasteiger partial charge in [-0.05, 0) is 24.1 Å². The van der Waals surface area contributed by atoms with Crippen molar-refractivity contribution in [3.05, 3.63) is 34.6 Å². The molecular weight excluding hydrogens is 198 g/mol. The van der Waals surface area contributed by atoms with Gasteiger partial charge in [0.25, 0.3) is 0 Å². The van der Waals surface area contributed by atoms with E-state index in [1.54, 1.807) is 0 Å². The van der Waals surface area contributed by atoms with Crippen molar-refractivity contribution in [2.24, 2.45) is 5.73 Å². The van der Waals surface area contributed by atoms with Crippen LogP contribution >= 0.6 is 0 Å². The van der Waals surface area contributed by atoms with E-state index in [1.807, 2.05) is 0 Å². The number of benzene rings is 1. The Morgan fingerprint density at radius 2 is 1.86 bits per heavy atom. The van der Waals surface area contributed by atoms with Crippen molar-refractivity contribution in [2.45, 2.75) is 19.6 Å². The van der Waals surface area contributed by atoms with E-state index in [0.717, 1.165) is 6.07 Å². The molecule has 14 heavy (non-hydrogen) atoms. The number of rotatable bonds is 1. The average Bonchev–Trinajstić information content (AvgIpc) is 1.99. The van der Waals surface area contributed by atoms with Gasteiger partial charge in [0, 0.05) is 6.54 Å². The van der Waals surface area contributed by atoms with Crippen LogP contribution < -0.4 is 5.73 Å². The molecule has 0 aliphatic heterocycles. The highest BCUT2D eigenvalue weighted by Gasteiger charge is 2.36. The first-order valence-electron chi connectivity index (χ1n) is 3.92. The first kappa shape index (κ1) is 11.0. The molecule has 1 aromatic carbocycles. The molecule has 1 rings (SSSR count). The molecule has 1 nitrogen and oxygen atoms in total. The predicted molar refractivity (Wildman–Crippen MR) is 44.0 cm³/mol. The van der Waals surface area contributed by atoms with Crippen molar-refractivity contribution in [1.29, 1.82) is 0 Å². The Hall–Kier alpha value is -1.10. The lowest BCUT2D eigenvalue weighted by Crippen LogP contribution is -2.14. The highest BCUT2D eigenvalue weighted by Crippen LogP contribution is 2.34. The molecule has 78 valence electrons. The molecule has 0 aromatic heterocycles. The summed E-state index contributed by atoms with van der Waals surface area (Å²) < 4.78 is 50.0. The Labute approximate surface area is 78.5 Å². The van der Waals surface area contributed by atoms with Crippen LogP contribution in [-0.2, 0) is 12.7 Å². The molecule has 0 atom stereocenters. The summed E-state index contributed by atoms with van der Waals surface area (Å²) >= 11 is 0. The monoisotopic (exact) mass is 207 g/mol. The van der Waals surface area contributed by atoms with Crippen molar-refractivity contribution in [2.75, 3.05) is 0 Å². The molecule has 0 bridgehead atoms. The Balaban J connectivity index is 3.40. The lowest BCUT2D eigenvalue weighted by Gasteiger charge is -2.13. The fraction of sp³-hybridized carbons (Fsp3) is 0.333. The molecule has 0 amide bonds. The molecule has 0 fully saturated rings. The van der Waals surface area contributed by atoms with E-state index >= 15 is 0 Å². The molecule has 0 spiro atoms. The fourth-order valence-electron chi connectivity index (χ4n) is 1.29. The van der Waals surface area contributed by atoms with E-state index in [1.165, 1.54) is 13.0 Å². The molecule has 5 heteroatoms. The van der Waals surface area contributed by atoms with E-state index in [0.29, 0.717) is 5.56 Å². The van der Waals surface area contributed by atoms with E-state index in [9.17, 15) is 17.6 Å². The quantitative estimate of drug-likeness (QED) is 0.704. The van der Waals surface area contributed by atoms with Gasteiger partial charge in [0.05, 0.1) is 5.56 Å². The van der Waals surface area contributed by atoms with Crippen LogP contribution in [-0.4, -0.2) is 0 Å². The van der Waals surface area contributed by atoms with Gasteiger partial charge < -0.3 is 5.73 Å². The standard InChI is InChI=1S/C9H9F4N/c1-5-2-6(4-14)8(7(10)3-5)9(11,12)13/h2-3H,4,14H2,1H3. The largest absolute Gasteiger partial charge is 0.419 e. The smallest absolute Gasteiger partial charge is 0.326 e. The molecular formula is C9H9F4N. The highest BCUT2D eigenvalue weighted by atomic mass is 19.4. The zero-order valence-corrected chi connectivity index (χ0v) is 7.45. The molecule has 0 aliphatic rings. The minimum Gasteiger partial charge on any atom is -0.326 e. The van der Waals surface area contributed by atoms with E-state index in [4.69, 9.17) is 5.73 Å². The normalized spacial score (nSPS) is 11.9. The number of nitrogens with two attached hydrogens (primary N) is 1. The Bertz CT molecular complexity index is 343. The summed E-state index contributed by atoms with van der Waals surface area (Å²) in [5, 5.41) is 0. The Morgan fingerprint density at radius 1 is 1.29 bits per heavy atom. The summed E-state index contributed by atoms with van der Waals surface area (Å²) in [5.41, 5.74) is 4.07. The van der Waals surface area contributed by atoms with Gasteiger partial charge >= 0.3 is 6.18 Å². The predicted octanol–water partition coefficient (Wildman–Crippen LogP) is 2.61. The number of halogens is 4. The molecule has 0 saturated heterocycles. The van der Waals surface area contributed by atoms with Crippen molar-refractivity contribution in [1.82, 2.24) is 0 Å². The molecule has 0 radical (unpaired) electrons. The Kier molecular flexibility index (Phi) is 2.80. The number of hydrogen-bond acceptors (Lipinski definition) is 1. The lowest BCUT2D eigenvalue weighted by atomic mass is 10.0. The van der Waals surface area contributed by atoms with Crippen LogP contribution in [0.5, 0.6) is 0 Å². The Morgan fingerprint density at radius 3 is 2.29 bits per heavy atom. The van der Waals surface area contributed by atoms with Crippen molar-refractivity contribution >= 4 is 0 Å². The van der Waals surface area contributed by atoms with Crippen LogP contribution in [0, 0.1) is 12.7 Å². The van der Waals surface area contributed by atoms with Crippen molar-refractivity contribution in [3.63, 3.8) is 0 Å². The minimum atomic E-state index is -4.69. The van der Waals surface area contributed by atoms with Crippen LogP contribution in [0.25, 0.3) is 0 Å². The third-order valence-electron chi connectivity index (χ3n) is 1.82. The van der Waals surface area contributed by atoms with Gasteiger partial charge in [-0.2, -0.15) is 13.2 Å². The summed E-state index contributed by atoms with van der Waals surface area (Å²) in [6.45, 7) is 1.19. The number of aryl methyl sites for hydroxylation is 1. The van der Waals surface area contributed by atoms with Crippen LogP contribution in [0.1, 0.15) is 16.7 Å². The van der Waals surface area contributed by atoms with Gasteiger partial charge in [0.1, 0.15) is 5.82 Å². The lowest BCUT2D eigenvalue weighted by molar-refractivity contribution is -0.140. The van der Waals surface area contributed by atoms with Crippen LogP contribution in [0.3, 0.4) is 0 Å². The molecule has 2 N–H and O–H groups in total. The summed E-state index contributed by atoms with van der Waals surface area (Å²) in [6, 6.07) is 2.09. The van der Waals surface area contributed by atoms with Gasteiger partial charge in [-0.3, -0.25) is 0 Å². The maximum atomic E-state index is 13.0. The molecule has 0 unspecified atom stereocenters. The van der Waals surface area contributed by atoms with Crippen LogP contribution in [0.15, 0.2) is 12.1 Å². The van der Waals surface area contributed by atoms with E-state index in [-0.39, 0.29) is 12.1 Å². The SMILES string of the molecule is Cc1cc(F)c(C(F)(F)F)c(CN)c1. The van der Waals surface area contributed by atoms with Crippen LogP contribution in [0.4, 0.5) is 17.6 Å². The third-order valence-corrected chi connectivity index (χ3v) is 1.82. The molecule has 1 aromatic rings. The summed E-state index contributed by atoms with van der Waals surface area (Å²) in [7, 11) is 0. The minimum absolute atomic E-state index is 0.213. The average molecular weight is 207 g/mol. The van der Waals surface area contributed by atoms with E-state index < -0.39 is 17.6 Å². The number of hydrogen-bond donors (Lipinski definition) is 1. The van der Waals surface area contributed by atoms with Gasteiger partial charge in [0.2, 0.25) is 0 Å². The van der Waals surface area contributed by atoms with Crippen molar-refractivity contribution in [3.8, 4) is 0 Å². The molecule has 0 heterocycles. The summed E-state index contributed by atoms with van der Waals surface area (Å²) in [5.74, 6) is -1.27. The first-order chi connectivity index (χ1) is 6.36. The fourth-order valence-corrected chi connectivity index (χ4v) is 1.29. The van der Waals surface area contributed by atoms with Crippen molar-refractivity contribution < 1.29 is 17.6 Å². The first-order valence-corrected chi connectivity index (χ1v) is 3.92. The second-order valence-electron chi connectivity index (χ2n) is 2.98. The second-order valence-corrected chi connectivity index (χ2v) is 2.98. The summed E-state index contributed by atoms with van der Waals surface area (Å²) in [4.78, 5) is 0. The van der Waals surface area contributed by atoms with Gasteiger partial charge in [-0.15, -0.1) is 0 Å². The summed E-state index contributed by atoms with van der Waals surface area (Å²) in [6.07, 6.45) is -4.69. The second kappa shape index (κ2) is 3.57. The van der Waals surface area contributed by atoms with Crippen LogP contribution in [0.2, 0.25) is 0 Å². The number of alkyl halides is 3. The molecule has 0 saturated carbocycles. The van der Waals surface area contributed by atoms with E-state index in [2.05, 4.69) is 0 Å². The van der Waals surface area contributed by atoms with Gasteiger partial charge in [-0.25, -0.2) is 4.39 Å². The topological polar surface area (TPSA) is 26.0 Å².